The maximum atomic E-state index is 12.8. The zero-order chi connectivity index (χ0) is 21.4. The molecule has 1 heterocycles. The van der Waals surface area contributed by atoms with Crippen molar-refractivity contribution in [3.05, 3.63) is 51.5 Å². The first kappa shape index (κ1) is 20.2. The Kier molecular flexibility index (Phi) is 5.34. The predicted molar refractivity (Wildman–Crippen MR) is 112 cm³/mol. The average molecular weight is 430 g/mol. The molecule has 1 saturated carbocycles. The van der Waals surface area contributed by atoms with Gasteiger partial charge in [0, 0.05) is 11.8 Å². The third-order valence-electron chi connectivity index (χ3n) is 5.71. The van der Waals surface area contributed by atoms with E-state index in [1.807, 2.05) is 0 Å². The first-order chi connectivity index (χ1) is 14.4. The number of anilines is 3. The highest BCUT2D eigenvalue weighted by Crippen LogP contribution is 2.42. The standard InChI is InChI=1S/C21H20ClN3O5/c1-30-19-9-6-12(10-16(19)22)23-17-8-7-13(11-18(17)25(28)29)24-20(26)14-4-2-3-5-15(14)21(24)27/h6-11,14-15,23H,2-5H2,1H3/t14-,15+. The Balaban J connectivity index is 1.66. The van der Waals surface area contributed by atoms with Crippen LogP contribution < -0.4 is 15.0 Å². The number of imide groups is 1. The van der Waals surface area contributed by atoms with Crippen LogP contribution in [0.15, 0.2) is 36.4 Å². The van der Waals surface area contributed by atoms with Crippen LogP contribution in [0.4, 0.5) is 22.7 Å². The summed E-state index contributed by atoms with van der Waals surface area (Å²) in [5.41, 5.74) is 0.747. The van der Waals surface area contributed by atoms with Crippen molar-refractivity contribution in [2.45, 2.75) is 25.7 Å². The minimum Gasteiger partial charge on any atom is -0.495 e. The maximum Gasteiger partial charge on any atom is 0.294 e. The fourth-order valence-corrected chi connectivity index (χ4v) is 4.49. The van der Waals surface area contributed by atoms with Crippen molar-refractivity contribution < 1.29 is 19.2 Å². The van der Waals surface area contributed by atoms with Gasteiger partial charge >= 0.3 is 0 Å². The topological polar surface area (TPSA) is 102 Å². The molecule has 156 valence electrons. The van der Waals surface area contributed by atoms with Crippen molar-refractivity contribution in [2.75, 3.05) is 17.3 Å². The summed E-state index contributed by atoms with van der Waals surface area (Å²) in [6, 6.07) is 9.23. The number of hydrogen-bond acceptors (Lipinski definition) is 6. The summed E-state index contributed by atoms with van der Waals surface area (Å²) in [6.07, 6.45) is 3.21. The van der Waals surface area contributed by atoms with E-state index in [0.29, 0.717) is 29.3 Å². The lowest BCUT2D eigenvalue weighted by Gasteiger charge is -2.19. The number of hydrogen-bond donors (Lipinski definition) is 1. The molecule has 0 bridgehead atoms. The molecule has 9 heteroatoms. The quantitative estimate of drug-likeness (QED) is 0.420. The van der Waals surface area contributed by atoms with Gasteiger partial charge in [-0.25, -0.2) is 4.90 Å². The number of nitro groups is 1. The molecule has 1 aliphatic heterocycles. The molecule has 1 N–H and O–H groups in total. The molecule has 30 heavy (non-hydrogen) atoms. The van der Waals surface area contributed by atoms with Gasteiger partial charge in [-0.3, -0.25) is 19.7 Å². The van der Waals surface area contributed by atoms with Gasteiger partial charge in [0.2, 0.25) is 11.8 Å². The molecule has 1 aliphatic carbocycles. The number of carbonyl (C=O) groups is 2. The number of halogens is 1. The molecule has 2 fully saturated rings. The van der Waals surface area contributed by atoms with Crippen molar-refractivity contribution in [1.29, 1.82) is 0 Å². The Morgan fingerprint density at radius 2 is 1.77 bits per heavy atom. The molecule has 2 atom stereocenters. The molecule has 2 aromatic carbocycles. The highest BCUT2D eigenvalue weighted by atomic mass is 35.5. The van der Waals surface area contributed by atoms with Crippen LogP contribution in [0, 0.1) is 22.0 Å². The third kappa shape index (κ3) is 3.47. The molecular weight excluding hydrogens is 410 g/mol. The summed E-state index contributed by atoms with van der Waals surface area (Å²) in [5.74, 6) is -0.669. The summed E-state index contributed by atoms with van der Waals surface area (Å²) in [6.45, 7) is 0. The molecule has 0 radical (unpaired) electrons. The number of benzene rings is 2. The second kappa shape index (κ2) is 7.95. The molecule has 0 spiro atoms. The highest BCUT2D eigenvalue weighted by Gasteiger charge is 2.49. The van der Waals surface area contributed by atoms with Crippen LogP contribution in [-0.2, 0) is 9.59 Å². The molecule has 2 amide bonds. The molecule has 2 aromatic rings. The number of nitrogens with zero attached hydrogens (tertiary/aromatic N) is 2. The van der Waals surface area contributed by atoms with Gasteiger partial charge < -0.3 is 10.1 Å². The lowest BCUT2D eigenvalue weighted by atomic mass is 9.81. The monoisotopic (exact) mass is 429 g/mol. The van der Waals surface area contributed by atoms with Crippen LogP contribution in [0.2, 0.25) is 5.02 Å². The van der Waals surface area contributed by atoms with Gasteiger partial charge in [-0.15, -0.1) is 0 Å². The Morgan fingerprint density at radius 1 is 1.10 bits per heavy atom. The summed E-state index contributed by atoms with van der Waals surface area (Å²) in [7, 11) is 1.49. The molecule has 0 aromatic heterocycles. The molecule has 1 saturated heterocycles. The number of nitro benzene ring substituents is 1. The molecule has 2 aliphatic rings. The highest BCUT2D eigenvalue weighted by molar-refractivity contribution is 6.32. The molecule has 8 nitrogen and oxygen atoms in total. The zero-order valence-electron chi connectivity index (χ0n) is 16.3. The number of methoxy groups -OCH3 is 1. The Labute approximate surface area is 177 Å². The Hall–Kier alpha value is -3.13. The van der Waals surface area contributed by atoms with Gasteiger partial charge in [0.1, 0.15) is 11.4 Å². The first-order valence-electron chi connectivity index (χ1n) is 9.67. The fraction of sp³-hybridized carbons (Fsp3) is 0.333. The number of nitrogens with one attached hydrogen (secondary N) is 1. The van der Waals surface area contributed by atoms with Gasteiger partial charge in [0.05, 0.1) is 34.6 Å². The van der Waals surface area contributed by atoms with Crippen molar-refractivity contribution in [3.8, 4) is 5.75 Å². The average Bonchev–Trinajstić information content (AvgIpc) is 2.99. The first-order valence-corrected chi connectivity index (χ1v) is 10.1. The van der Waals surface area contributed by atoms with E-state index in [2.05, 4.69) is 5.32 Å². The fourth-order valence-electron chi connectivity index (χ4n) is 4.23. The van der Waals surface area contributed by atoms with Gasteiger partial charge in [0.25, 0.3) is 5.69 Å². The van der Waals surface area contributed by atoms with E-state index < -0.39 is 4.92 Å². The lowest BCUT2D eigenvalue weighted by Crippen LogP contribution is -2.30. The summed E-state index contributed by atoms with van der Waals surface area (Å²) < 4.78 is 5.11. The van der Waals surface area contributed by atoms with Gasteiger partial charge in [-0.05, 0) is 43.2 Å². The number of carbonyl (C=O) groups excluding carboxylic acids is 2. The van der Waals surface area contributed by atoms with E-state index in [4.69, 9.17) is 16.3 Å². The van der Waals surface area contributed by atoms with Crippen LogP contribution >= 0.6 is 11.6 Å². The van der Waals surface area contributed by atoms with E-state index in [1.54, 1.807) is 24.3 Å². The van der Waals surface area contributed by atoms with Crippen molar-refractivity contribution in [1.82, 2.24) is 0 Å². The van der Waals surface area contributed by atoms with Crippen LogP contribution in [0.5, 0.6) is 5.75 Å². The molecular formula is C21H20ClN3O5. The third-order valence-corrected chi connectivity index (χ3v) is 6.00. The number of amides is 2. The van der Waals surface area contributed by atoms with Crippen molar-refractivity contribution in [2.24, 2.45) is 11.8 Å². The molecule has 4 rings (SSSR count). The van der Waals surface area contributed by atoms with E-state index in [1.165, 1.54) is 19.2 Å². The maximum absolute atomic E-state index is 12.8. The Bertz CT molecular complexity index is 1020. The summed E-state index contributed by atoms with van der Waals surface area (Å²) >= 11 is 6.12. The SMILES string of the molecule is COc1ccc(Nc2ccc(N3C(=O)[C@H]4CCCC[C@H]4C3=O)cc2[N+](=O)[O-])cc1Cl. The lowest BCUT2D eigenvalue weighted by molar-refractivity contribution is -0.383. The minimum absolute atomic E-state index is 0.224. The Morgan fingerprint density at radius 3 is 2.33 bits per heavy atom. The number of rotatable bonds is 5. The van der Waals surface area contributed by atoms with Crippen LogP contribution in [-0.4, -0.2) is 23.8 Å². The summed E-state index contributed by atoms with van der Waals surface area (Å²) in [5, 5.41) is 15.0. The van der Waals surface area contributed by atoms with Crippen LogP contribution in [0.1, 0.15) is 25.7 Å². The van der Waals surface area contributed by atoms with Gasteiger partial charge in [-0.2, -0.15) is 0 Å². The number of fused-ring (bicyclic) bond motifs is 1. The van der Waals surface area contributed by atoms with E-state index in [9.17, 15) is 19.7 Å². The number of ether oxygens (including phenoxy) is 1. The van der Waals surface area contributed by atoms with Gasteiger partial charge in [-0.1, -0.05) is 24.4 Å². The zero-order valence-corrected chi connectivity index (χ0v) is 17.0. The van der Waals surface area contributed by atoms with Crippen molar-refractivity contribution >= 4 is 46.2 Å². The van der Waals surface area contributed by atoms with Crippen molar-refractivity contribution in [3.63, 3.8) is 0 Å². The largest absolute Gasteiger partial charge is 0.495 e. The van der Waals surface area contributed by atoms with E-state index in [0.717, 1.165) is 17.7 Å². The second-order valence-corrected chi connectivity index (χ2v) is 7.85. The predicted octanol–water partition coefficient (Wildman–Crippen LogP) is 4.68. The summed E-state index contributed by atoms with van der Waals surface area (Å²) in [4.78, 5) is 37.9. The molecule has 0 unspecified atom stereocenters. The smallest absolute Gasteiger partial charge is 0.294 e. The van der Waals surface area contributed by atoms with Crippen LogP contribution in [0.3, 0.4) is 0 Å². The van der Waals surface area contributed by atoms with E-state index in [-0.39, 0.29) is 40.7 Å². The second-order valence-electron chi connectivity index (χ2n) is 7.44. The van der Waals surface area contributed by atoms with Gasteiger partial charge in [0.15, 0.2) is 0 Å². The minimum atomic E-state index is -0.547. The normalized spacial score (nSPS) is 20.8. The van der Waals surface area contributed by atoms with E-state index >= 15 is 0 Å². The van der Waals surface area contributed by atoms with Crippen LogP contribution in [0.25, 0.3) is 0 Å².